The second-order valence-corrected chi connectivity index (χ2v) is 8.37. The number of nitrogens with one attached hydrogen (secondary N) is 2. The maximum absolute atomic E-state index is 13.1. The van der Waals surface area contributed by atoms with Crippen LogP contribution in [0, 0.1) is 0 Å². The Hall–Kier alpha value is -3.65. The number of nitrogens with zero attached hydrogens (tertiary/aromatic N) is 1. The van der Waals surface area contributed by atoms with Crippen molar-refractivity contribution >= 4 is 35.1 Å². The van der Waals surface area contributed by atoms with Crippen LogP contribution in [0.2, 0.25) is 0 Å². The number of fused-ring (bicyclic) bond motifs is 2. The van der Waals surface area contributed by atoms with E-state index in [1.807, 2.05) is 61.5 Å². The van der Waals surface area contributed by atoms with Crippen LogP contribution in [0.15, 0.2) is 70.5 Å². The molecule has 2 N–H and O–H groups in total. The number of rotatable bonds is 6. The van der Waals surface area contributed by atoms with Crippen molar-refractivity contribution in [2.45, 2.75) is 23.3 Å². The summed E-state index contributed by atoms with van der Waals surface area (Å²) in [5, 5.41) is 5.70. The van der Waals surface area contributed by atoms with Gasteiger partial charge in [-0.3, -0.25) is 4.79 Å². The summed E-state index contributed by atoms with van der Waals surface area (Å²) in [6.45, 7) is 2.72. The van der Waals surface area contributed by atoms with Gasteiger partial charge in [0.2, 0.25) is 0 Å². The summed E-state index contributed by atoms with van der Waals surface area (Å²) in [4.78, 5) is 29.3. The molecule has 170 valence electrons. The van der Waals surface area contributed by atoms with E-state index in [1.54, 1.807) is 36.9 Å². The summed E-state index contributed by atoms with van der Waals surface area (Å²) in [6.07, 6.45) is 0. The van der Waals surface area contributed by atoms with E-state index in [2.05, 4.69) is 10.6 Å². The highest BCUT2D eigenvalue weighted by molar-refractivity contribution is 7.99. The number of hydrogen-bond donors (Lipinski definition) is 2. The van der Waals surface area contributed by atoms with Crippen molar-refractivity contribution in [2.24, 2.45) is 0 Å². The van der Waals surface area contributed by atoms with Crippen LogP contribution in [-0.4, -0.2) is 32.7 Å². The first-order chi connectivity index (χ1) is 16.0. The molecule has 0 spiro atoms. The van der Waals surface area contributed by atoms with E-state index in [0.29, 0.717) is 29.3 Å². The average molecular weight is 464 g/mol. The van der Waals surface area contributed by atoms with Crippen molar-refractivity contribution in [3.05, 3.63) is 71.8 Å². The zero-order valence-electron chi connectivity index (χ0n) is 18.7. The average Bonchev–Trinajstić information content (AvgIpc) is 2.95. The first kappa shape index (κ1) is 22.5. The van der Waals surface area contributed by atoms with Crippen LogP contribution >= 0.6 is 11.8 Å². The number of carbonyl (C=O) groups is 2. The molecular formula is C25H25N3O4S. The number of benzene rings is 3. The monoisotopic (exact) mass is 463 g/mol. The molecule has 3 aromatic carbocycles. The van der Waals surface area contributed by atoms with E-state index in [9.17, 15) is 9.59 Å². The summed E-state index contributed by atoms with van der Waals surface area (Å²) in [6, 6.07) is 18.3. The summed E-state index contributed by atoms with van der Waals surface area (Å²) < 4.78 is 10.7. The fourth-order valence-corrected chi connectivity index (χ4v) is 4.81. The molecule has 0 aliphatic carbocycles. The molecule has 1 aliphatic heterocycles. The molecule has 3 amide bonds. The van der Waals surface area contributed by atoms with Crippen molar-refractivity contribution in [3.63, 3.8) is 0 Å². The number of methoxy groups -OCH3 is 2. The van der Waals surface area contributed by atoms with Gasteiger partial charge in [-0.1, -0.05) is 36.0 Å². The van der Waals surface area contributed by atoms with Crippen molar-refractivity contribution in [1.29, 1.82) is 0 Å². The molecular weight excluding hydrogens is 438 g/mol. The number of amides is 3. The van der Waals surface area contributed by atoms with Gasteiger partial charge in [0.25, 0.3) is 5.91 Å². The van der Waals surface area contributed by atoms with Gasteiger partial charge in [0.05, 0.1) is 25.5 Å². The smallest absolute Gasteiger partial charge is 0.319 e. The molecule has 0 atom stereocenters. The van der Waals surface area contributed by atoms with Crippen LogP contribution in [0.5, 0.6) is 11.5 Å². The van der Waals surface area contributed by atoms with E-state index < -0.39 is 0 Å². The molecule has 0 saturated heterocycles. The Morgan fingerprint density at radius 1 is 1.00 bits per heavy atom. The quantitative estimate of drug-likeness (QED) is 0.528. The van der Waals surface area contributed by atoms with Gasteiger partial charge in [0.15, 0.2) is 11.5 Å². The van der Waals surface area contributed by atoms with Gasteiger partial charge in [-0.15, -0.1) is 0 Å². The Balaban J connectivity index is 1.51. The highest BCUT2D eigenvalue weighted by Crippen LogP contribution is 2.42. The van der Waals surface area contributed by atoms with Crippen LogP contribution in [-0.2, 0) is 6.54 Å². The minimum Gasteiger partial charge on any atom is -0.493 e. The van der Waals surface area contributed by atoms with Crippen molar-refractivity contribution in [3.8, 4) is 11.5 Å². The molecule has 0 aromatic heterocycles. The molecule has 3 aromatic rings. The number of urea groups is 1. The molecule has 0 bridgehead atoms. The fraction of sp³-hybridized carbons (Fsp3) is 0.200. The summed E-state index contributed by atoms with van der Waals surface area (Å²) in [5.41, 5.74) is 2.85. The lowest BCUT2D eigenvalue weighted by molar-refractivity contribution is 0.0985. The third-order valence-corrected chi connectivity index (χ3v) is 6.47. The largest absolute Gasteiger partial charge is 0.493 e. The van der Waals surface area contributed by atoms with E-state index in [4.69, 9.17) is 9.47 Å². The van der Waals surface area contributed by atoms with Crippen LogP contribution < -0.4 is 25.0 Å². The van der Waals surface area contributed by atoms with Gasteiger partial charge in [-0.25, -0.2) is 4.79 Å². The Kier molecular flexibility index (Phi) is 6.74. The minimum atomic E-state index is -0.362. The zero-order valence-corrected chi connectivity index (χ0v) is 19.5. The Morgan fingerprint density at radius 3 is 2.58 bits per heavy atom. The van der Waals surface area contributed by atoms with Gasteiger partial charge < -0.3 is 25.0 Å². The second kappa shape index (κ2) is 9.87. The van der Waals surface area contributed by atoms with E-state index >= 15 is 0 Å². The summed E-state index contributed by atoms with van der Waals surface area (Å²) >= 11 is 1.55. The molecule has 7 nitrogen and oxygen atoms in total. The van der Waals surface area contributed by atoms with E-state index in [0.717, 1.165) is 21.0 Å². The zero-order chi connectivity index (χ0) is 23.4. The van der Waals surface area contributed by atoms with Gasteiger partial charge in [-0.05, 0) is 43.3 Å². The molecule has 0 radical (unpaired) electrons. The lowest BCUT2D eigenvalue weighted by Crippen LogP contribution is -2.31. The third kappa shape index (κ3) is 4.61. The Morgan fingerprint density at radius 2 is 1.82 bits per heavy atom. The number of hydrogen-bond acceptors (Lipinski definition) is 5. The van der Waals surface area contributed by atoms with Gasteiger partial charge in [0.1, 0.15) is 0 Å². The third-order valence-electron chi connectivity index (χ3n) is 5.33. The molecule has 4 rings (SSSR count). The summed E-state index contributed by atoms with van der Waals surface area (Å²) in [7, 11) is 3.13. The Labute approximate surface area is 197 Å². The maximum atomic E-state index is 13.1. The van der Waals surface area contributed by atoms with E-state index in [1.165, 1.54) is 0 Å². The predicted molar refractivity (Wildman–Crippen MR) is 130 cm³/mol. The van der Waals surface area contributed by atoms with Crippen molar-refractivity contribution in [1.82, 2.24) is 5.32 Å². The van der Waals surface area contributed by atoms with Gasteiger partial charge >= 0.3 is 6.03 Å². The lowest BCUT2D eigenvalue weighted by atomic mass is 10.1. The first-order valence-corrected chi connectivity index (χ1v) is 11.3. The standard InChI is InChI=1S/C25H25N3O4S/c1-4-28-19-14-17(12-13-22(19)33-21-11-6-5-9-18(21)24(28)29)27-25(30)26-15-16-8-7-10-20(31-2)23(16)32-3/h5-14H,4,15H2,1-3H3,(H2,26,27,30). The lowest BCUT2D eigenvalue weighted by Gasteiger charge is -2.22. The van der Waals surface area contributed by atoms with Crippen molar-refractivity contribution < 1.29 is 19.1 Å². The highest BCUT2D eigenvalue weighted by Gasteiger charge is 2.26. The van der Waals surface area contributed by atoms with Crippen LogP contribution in [0.4, 0.5) is 16.2 Å². The molecule has 1 heterocycles. The fourth-order valence-electron chi connectivity index (χ4n) is 3.76. The van der Waals surface area contributed by atoms with Crippen molar-refractivity contribution in [2.75, 3.05) is 31.0 Å². The molecule has 33 heavy (non-hydrogen) atoms. The first-order valence-electron chi connectivity index (χ1n) is 10.5. The minimum absolute atomic E-state index is 0.0499. The molecule has 0 unspecified atom stereocenters. The molecule has 0 saturated carbocycles. The topological polar surface area (TPSA) is 79.9 Å². The maximum Gasteiger partial charge on any atom is 0.319 e. The predicted octanol–water partition coefficient (Wildman–Crippen LogP) is 5.16. The second-order valence-electron chi connectivity index (χ2n) is 7.29. The molecule has 0 fully saturated rings. The molecule has 8 heteroatoms. The normalized spacial score (nSPS) is 12.3. The van der Waals surface area contributed by atoms with Gasteiger partial charge in [-0.2, -0.15) is 0 Å². The molecule has 1 aliphatic rings. The van der Waals surface area contributed by atoms with Gasteiger partial charge in [0, 0.05) is 34.1 Å². The number of carbonyl (C=O) groups excluding carboxylic acids is 2. The van der Waals surface area contributed by atoms with Crippen LogP contribution in [0.3, 0.4) is 0 Å². The van der Waals surface area contributed by atoms with E-state index in [-0.39, 0.29) is 18.5 Å². The Bertz CT molecular complexity index is 1200. The highest BCUT2D eigenvalue weighted by atomic mass is 32.2. The summed E-state index contributed by atoms with van der Waals surface area (Å²) in [5.74, 6) is 1.14. The van der Waals surface area contributed by atoms with Crippen LogP contribution in [0.25, 0.3) is 0 Å². The number of para-hydroxylation sites is 1. The van der Waals surface area contributed by atoms with Crippen LogP contribution in [0.1, 0.15) is 22.8 Å². The number of anilines is 2. The SMILES string of the molecule is CCN1C(=O)c2ccccc2Sc2ccc(NC(=O)NCc3cccc(OC)c3OC)cc21. The number of ether oxygens (including phenoxy) is 2.